The summed E-state index contributed by atoms with van der Waals surface area (Å²) in [6.07, 6.45) is 0. The molecule has 0 aliphatic rings. The van der Waals surface area contributed by atoms with Crippen molar-refractivity contribution in [2.45, 2.75) is 11.8 Å². The highest BCUT2D eigenvalue weighted by Crippen LogP contribution is 2.20. The minimum absolute atomic E-state index is 0.0552. The molecule has 2 aromatic carbocycles. The third kappa shape index (κ3) is 4.07. The fourth-order valence-electron chi connectivity index (χ4n) is 1.81. The van der Waals surface area contributed by atoms with E-state index in [0.717, 1.165) is 5.56 Å². The first-order valence-corrected chi connectivity index (χ1v) is 8.36. The van der Waals surface area contributed by atoms with Crippen LogP contribution in [-0.4, -0.2) is 20.9 Å². The number of para-hydroxylation sites is 1. The SMILES string of the molecule is Cc1ccccc1NC(=O)CNS(=O)(=O)c1ccccc1Cl. The smallest absolute Gasteiger partial charge is 0.242 e. The molecule has 0 aliphatic heterocycles. The van der Waals surface area contributed by atoms with Gasteiger partial charge in [0.2, 0.25) is 15.9 Å². The van der Waals surface area contributed by atoms with E-state index >= 15 is 0 Å². The molecule has 0 spiro atoms. The van der Waals surface area contributed by atoms with Crippen LogP contribution in [-0.2, 0) is 14.8 Å². The lowest BCUT2D eigenvalue weighted by Crippen LogP contribution is -2.33. The van der Waals surface area contributed by atoms with Gasteiger partial charge in [-0.25, -0.2) is 13.1 Å². The zero-order valence-corrected chi connectivity index (χ0v) is 13.4. The third-order valence-electron chi connectivity index (χ3n) is 2.97. The number of carbonyl (C=O) groups excluding carboxylic acids is 1. The largest absolute Gasteiger partial charge is 0.325 e. The van der Waals surface area contributed by atoms with E-state index in [1.807, 2.05) is 19.1 Å². The highest BCUT2D eigenvalue weighted by Gasteiger charge is 2.18. The summed E-state index contributed by atoms with van der Waals surface area (Å²) >= 11 is 5.85. The molecule has 2 rings (SSSR count). The summed E-state index contributed by atoms with van der Waals surface area (Å²) in [6, 6.07) is 13.3. The molecule has 0 aliphatic carbocycles. The van der Waals surface area contributed by atoms with Crippen molar-refractivity contribution >= 4 is 33.2 Å². The van der Waals surface area contributed by atoms with Crippen molar-refractivity contribution in [2.75, 3.05) is 11.9 Å². The summed E-state index contributed by atoms with van der Waals surface area (Å²) in [5, 5.41) is 2.76. The van der Waals surface area contributed by atoms with Gasteiger partial charge in [0.25, 0.3) is 0 Å². The zero-order chi connectivity index (χ0) is 16.2. The molecular formula is C15H15ClN2O3S. The van der Waals surface area contributed by atoms with E-state index in [1.54, 1.807) is 24.3 Å². The Balaban J connectivity index is 2.02. The summed E-state index contributed by atoms with van der Waals surface area (Å²) in [7, 11) is -3.83. The number of hydrogen-bond donors (Lipinski definition) is 2. The van der Waals surface area contributed by atoms with Gasteiger partial charge in [0.15, 0.2) is 0 Å². The van der Waals surface area contributed by atoms with Crippen LogP contribution in [0.25, 0.3) is 0 Å². The second kappa shape index (κ2) is 6.91. The quantitative estimate of drug-likeness (QED) is 0.879. The Bertz CT molecular complexity index is 791. The minimum Gasteiger partial charge on any atom is -0.325 e. The number of sulfonamides is 1. The molecule has 0 saturated heterocycles. The Morgan fingerprint density at radius 1 is 1.09 bits per heavy atom. The number of hydrogen-bond acceptors (Lipinski definition) is 3. The molecule has 0 radical (unpaired) electrons. The number of anilines is 1. The normalized spacial score (nSPS) is 11.2. The lowest BCUT2D eigenvalue weighted by Gasteiger charge is -2.10. The Kier molecular flexibility index (Phi) is 5.18. The van der Waals surface area contributed by atoms with Crippen molar-refractivity contribution in [3.63, 3.8) is 0 Å². The molecule has 0 saturated carbocycles. The Labute approximate surface area is 134 Å². The van der Waals surface area contributed by atoms with Gasteiger partial charge in [-0.3, -0.25) is 4.79 Å². The van der Waals surface area contributed by atoms with Gasteiger partial charge in [-0.2, -0.15) is 0 Å². The standard InChI is InChI=1S/C15H15ClN2O3S/c1-11-6-2-4-8-13(11)18-15(19)10-17-22(20,21)14-9-5-3-7-12(14)16/h2-9,17H,10H2,1H3,(H,18,19). The molecule has 1 amide bonds. The number of rotatable bonds is 5. The van der Waals surface area contributed by atoms with Gasteiger partial charge in [-0.1, -0.05) is 41.9 Å². The highest BCUT2D eigenvalue weighted by molar-refractivity contribution is 7.89. The van der Waals surface area contributed by atoms with Crippen molar-refractivity contribution in [1.82, 2.24) is 4.72 Å². The van der Waals surface area contributed by atoms with Gasteiger partial charge in [-0.05, 0) is 30.7 Å². The maximum atomic E-state index is 12.1. The summed E-state index contributed by atoms with van der Waals surface area (Å²) in [6.45, 7) is 1.48. The summed E-state index contributed by atoms with van der Waals surface area (Å²) in [5.74, 6) is -0.454. The molecule has 0 aromatic heterocycles. The van der Waals surface area contributed by atoms with Crippen molar-refractivity contribution in [1.29, 1.82) is 0 Å². The fourth-order valence-corrected chi connectivity index (χ4v) is 3.31. The molecule has 0 atom stereocenters. The summed E-state index contributed by atoms with van der Waals surface area (Å²) < 4.78 is 26.4. The van der Waals surface area contributed by atoms with E-state index in [0.29, 0.717) is 5.69 Å². The molecule has 0 heterocycles. The van der Waals surface area contributed by atoms with Crippen LogP contribution < -0.4 is 10.0 Å². The topological polar surface area (TPSA) is 75.3 Å². The average Bonchev–Trinajstić information content (AvgIpc) is 2.48. The maximum absolute atomic E-state index is 12.1. The van der Waals surface area contributed by atoms with Gasteiger partial charge >= 0.3 is 0 Å². The van der Waals surface area contributed by atoms with Crippen molar-refractivity contribution in [3.8, 4) is 0 Å². The molecule has 0 unspecified atom stereocenters. The van der Waals surface area contributed by atoms with E-state index in [-0.39, 0.29) is 16.5 Å². The number of amides is 1. The first-order chi connectivity index (χ1) is 10.4. The van der Waals surface area contributed by atoms with Crippen molar-refractivity contribution in [2.24, 2.45) is 0 Å². The summed E-state index contributed by atoms with van der Waals surface area (Å²) in [4.78, 5) is 11.8. The van der Waals surface area contributed by atoms with Crippen LogP contribution in [0.2, 0.25) is 5.02 Å². The van der Waals surface area contributed by atoms with Crippen molar-refractivity contribution < 1.29 is 13.2 Å². The second-order valence-corrected chi connectivity index (χ2v) is 6.76. The van der Waals surface area contributed by atoms with Gasteiger partial charge in [0.05, 0.1) is 11.6 Å². The van der Waals surface area contributed by atoms with Crippen LogP contribution in [0.5, 0.6) is 0 Å². The second-order valence-electron chi connectivity index (χ2n) is 4.62. The maximum Gasteiger partial charge on any atom is 0.242 e. The van der Waals surface area contributed by atoms with Gasteiger partial charge in [-0.15, -0.1) is 0 Å². The van der Waals surface area contributed by atoms with Gasteiger partial charge in [0.1, 0.15) is 4.90 Å². The molecule has 0 fully saturated rings. The van der Waals surface area contributed by atoms with E-state index < -0.39 is 15.9 Å². The molecule has 22 heavy (non-hydrogen) atoms. The zero-order valence-electron chi connectivity index (χ0n) is 11.8. The van der Waals surface area contributed by atoms with E-state index in [1.165, 1.54) is 12.1 Å². The number of benzene rings is 2. The first kappa shape index (κ1) is 16.5. The van der Waals surface area contributed by atoms with Crippen LogP contribution in [0.15, 0.2) is 53.4 Å². The first-order valence-electron chi connectivity index (χ1n) is 6.50. The van der Waals surface area contributed by atoms with Crippen LogP contribution in [0.4, 0.5) is 5.69 Å². The van der Waals surface area contributed by atoms with E-state index in [4.69, 9.17) is 11.6 Å². The summed E-state index contributed by atoms with van der Waals surface area (Å²) in [5.41, 5.74) is 1.54. The van der Waals surface area contributed by atoms with Crippen LogP contribution in [0.1, 0.15) is 5.56 Å². The predicted molar refractivity (Wildman–Crippen MR) is 86.4 cm³/mol. The Morgan fingerprint density at radius 3 is 2.41 bits per heavy atom. The molecule has 5 nitrogen and oxygen atoms in total. The molecule has 2 aromatic rings. The molecule has 7 heteroatoms. The minimum atomic E-state index is -3.83. The van der Waals surface area contributed by atoms with Crippen LogP contribution >= 0.6 is 11.6 Å². The number of aryl methyl sites for hydroxylation is 1. The number of halogens is 1. The third-order valence-corrected chi connectivity index (χ3v) is 4.87. The molecule has 2 N–H and O–H groups in total. The van der Waals surface area contributed by atoms with Crippen LogP contribution in [0.3, 0.4) is 0 Å². The number of nitrogens with one attached hydrogen (secondary N) is 2. The Hall–Kier alpha value is -1.89. The predicted octanol–water partition coefficient (Wildman–Crippen LogP) is 2.57. The highest BCUT2D eigenvalue weighted by atomic mass is 35.5. The van der Waals surface area contributed by atoms with Crippen LogP contribution in [0, 0.1) is 6.92 Å². The molecule has 116 valence electrons. The lowest BCUT2D eigenvalue weighted by molar-refractivity contribution is -0.115. The molecule has 0 bridgehead atoms. The van der Waals surface area contributed by atoms with Gasteiger partial charge < -0.3 is 5.32 Å². The van der Waals surface area contributed by atoms with E-state index in [9.17, 15) is 13.2 Å². The van der Waals surface area contributed by atoms with Gasteiger partial charge in [0, 0.05) is 5.69 Å². The average molecular weight is 339 g/mol. The number of carbonyl (C=O) groups is 1. The lowest BCUT2D eigenvalue weighted by atomic mass is 10.2. The van der Waals surface area contributed by atoms with E-state index in [2.05, 4.69) is 10.0 Å². The molecular weight excluding hydrogens is 324 g/mol. The fraction of sp³-hybridized carbons (Fsp3) is 0.133. The van der Waals surface area contributed by atoms with Crippen molar-refractivity contribution in [3.05, 3.63) is 59.1 Å². The monoisotopic (exact) mass is 338 g/mol. The Morgan fingerprint density at radius 2 is 1.73 bits per heavy atom.